The quantitative estimate of drug-likeness (QED) is 0.702. The molecule has 0 unspecified atom stereocenters. The van der Waals surface area contributed by atoms with Gasteiger partial charge in [-0.05, 0) is 36.6 Å². The Labute approximate surface area is 118 Å². The number of hydrogen-bond donors (Lipinski definition) is 2. The molecule has 0 spiro atoms. The van der Waals surface area contributed by atoms with Crippen LogP contribution in [-0.2, 0) is 5.54 Å². The lowest BCUT2D eigenvalue weighted by atomic mass is 9.77. The van der Waals surface area contributed by atoms with E-state index in [9.17, 15) is 0 Å². The molecule has 4 rings (SSSR count). The van der Waals surface area contributed by atoms with Crippen molar-refractivity contribution in [3.63, 3.8) is 0 Å². The molecule has 0 aliphatic heterocycles. The van der Waals surface area contributed by atoms with Crippen molar-refractivity contribution in [1.82, 2.24) is 9.97 Å². The standard InChI is InChI=1S/C17H19N3/c18-17(7-2-1-3-8-17)12-4-5-15-14(10-12)13-6-9-19-11-16(13)20-15/h4-6,9-11,20H,1-3,7-8,18H2. The molecule has 1 aliphatic carbocycles. The molecule has 3 nitrogen and oxygen atoms in total. The molecule has 0 radical (unpaired) electrons. The number of nitrogens with two attached hydrogens (primary N) is 1. The van der Waals surface area contributed by atoms with E-state index in [1.807, 2.05) is 12.4 Å². The lowest BCUT2D eigenvalue weighted by Gasteiger charge is -2.34. The Hall–Kier alpha value is -1.87. The van der Waals surface area contributed by atoms with Gasteiger partial charge in [-0.25, -0.2) is 0 Å². The number of benzene rings is 1. The summed E-state index contributed by atoms with van der Waals surface area (Å²) < 4.78 is 0. The van der Waals surface area contributed by atoms with Gasteiger partial charge < -0.3 is 10.7 Å². The van der Waals surface area contributed by atoms with Gasteiger partial charge in [-0.3, -0.25) is 4.98 Å². The van der Waals surface area contributed by atoms with Crippen molar-refractivity contribution in [2.45, 2.75) is 37.6 Å². The first kappa shape index (κ1) is 11.9. The number of aromatic nitrogens is 2. The average Bonchev–Trinajstić information content (AvgIpc) is 2.86. The first-order valence-corrected chi connectivity index (χ1v) is 7.41. The fourth-order valence-corrected chi connectivity index (χ4v) is 3.53. The first-order chi connectivity index (χ1) is 9.76. The second-order valence-corrected chi connectivity index (χ2v) is 6.02. The van der Waals surface area contributed by atoms with Gasteiger partial charge in [-0.2, -0.15) is 0 Å². The molecule has 2 aromatic heterocycles. The van der Waals surface area contributed by atoms with Gasteiger partial charge >= 0.3 is 0 Å². The number of fused-ring (bicyclic) bond motifs is 3. The summed E-state index contributed by atoms with van der Waals surface area (Å²) in [6.45, 7) is 0. The lowest BCUT2D eigenvalue weighted by molar-refractivity contribution is 0.302. The van der Waals surface area contributed by atoms with Crippen LogP contribution < -0.4 is 5.73 Å². The largest absolute Gasteiger partial charge is 0.353 e. The highest BCUT2D eigenvalue weighted by Gasteiger charge is 2.29. The summed E-state index contributed by atoms with van der Waals surface area (Å²) in [5, 5.41) is 2.49. The van der Waals surface area contributed by atoms with Gasteiger partial charge in [-0.15, -0.1) is 0 Å². The van der Waals surface area contributed by atoms with Crippen molar-refractivity contribution in [2.75, 3.05) is 0 Å². The summed E-state index contributed by atoms with van der Waals surface area (Å²) >= 11 is 0. The van der Waals surface area contributed by atoms with E-state index in [-0.39, 0.29) is 5.54 Å². The number of hydrogen-bond acceptors (Lipinski definition) is 2. The molecule has 102 valence electrons. The van der Waals surface area contributed by atoms with Crippen LogP contribution in [0.1, 0.15) is 37.7 Å². The molecule has 2 heterocycles. The second kappa shape index (κ2) is 4.32. The van der Waals surface area contributed by atoms with E-state index in [2.05, 4.69) is 34.2 Å². The van der Waals surface area contributed by atoms with Crippen molar-refractivity contribution in [3.8, 4) is 0 Å². The van der Waals surface area contributed by atoms with Crippen LogP contribution in [0.5, 0.6) is 0 Å². The maximum Gasteiger partial charge on any atom is 0.0651 e. The third-order valence-electron chi connectivity index (χ3n) is 4.72. The minimum Gasteiger partial charge on any atom is -0.353 e. The van der Waals surface area contributed by atoms with E-state index >= 15 is 0 Å². The van der Waals surface area contributed by atoms with E-state index in [1.165, 1.54) is 35.6 Å². The SMILES string of the molecule is NC1(c2ccc3[nH]c4cnccc4c3c2)CCCCC1. The fourth-order valence-electron chi connectivity index (χ4n) is 3.53. The zero-order chi connectivity index (χ0) is 13.6. The van der Waals surface area contributed by atoms with Crippen LogP contribution in [0.25, 0.3) is 21.8 Å². The van der Waals surface area contributed by atoms with E-state index in [1.54, 1.807) is 0 Å². The van der Waals surface area contributed by atoms with E-state index < -0.39 is 0 Å². The van der Waals surface area contributed by atoms with Gasteiger partial charge in [0.05, 0.1) is 11.7 Å². The van der Waals surface area contributed by atoms with Gasteiger partial charge in [0.15, 0.2) is 0 Å². The van der Waals surface area contributed by atoms with Crippen molar-refractivity contribution in [3.05, 3.63) is 42.2 Å². The van der Waals surface area contributed by atoms with Crippen LogP contribution in [0.15, 0.2) is 36.7 Å². The summed E-state index contributed by atoms with van der Waals surface area (Å²) in [5.74, 6) is 0. The summed E-state index contributed by atoms with van der Waals surface area (Å²) in [4.78, 5) is 7.60. The minimum atomic E-state index is -0.136. The third kappa shape index (κ3) is 1.74. The van der Waals surface area contributed by atoms with Crippen molar-refractivity contribution in [1.29, 1.82) is 0 Å². The van der Waals surface area contributed by atoms with Gasteiger partial charge in [0, 0.05) is 28.0 Å². The smallest absolute Gasteiger partial charge is 0.0651 e. The summed E-state index contributed by atoms with van der Waals surface area (Å²) in [7, 11) is 0. The Morgan fingerprint density at radius 2 is 1.85 bits per heavy atom. The number of nitrogens with zero attached hydrogens (tertiary/aromatic N) is 1. The summed E-state index contributed by atoms with van der Waals surface area (Å²) in [6, 6.07) is 8.70. The second-order valence-electron chi connectivity index (χ2n) is 6.02. The van der Waals surface area contributed by atoms with E-state index in [0.717, 1.165) is 23.9 Å². The Balaban J connectivity index is 1.91. The average molecular weight is 265 g/mol. The molecule has 1 aromatic carbocycles. The highest BCUT2D eigenvalue weighted by atomic mass is 14.8. The predicted molar refractivity (Wildman–Crippen MR) is 82.6 cm³/mol. The molecule has 1 saturated carbocycles. The fraction of sp³-hybridized carbons (Fsp3) is 0.353. The maximum atomic E-state index is 6.66. The van der Waals surface area contributed by atoms with Crippen LogP contribution in [0, 0.1) is 0 Å². The molecule has 0 amide bonds. The summed E-state index contributed by atoms with van der Waals surface area (Å²) in [5.41, 5.74) is 10.1. The van der Waals surface area contributed by atoms with Crippen molar-refractivity contribution < 1.29 is 0 Å². The first-order valence-electron chi connectivity index (χ1n) is 7.41. The zero-order valence-corrected chi connectivity index (χ0v) is 11.5. The molecular formula is C17H19N3. The zero-order valence-electron chi connectivity index (χ0n) is 11.5. The van der Waals surface area contributed by atoms with Crippen LogP contribution >= 0.6 is 0 Å². The van der Waals surface area contributed by atoms with Crippen LogP contribution in [0.3, 0.4) is 0 Å². The molecular weight excluding hydrogens is 246 g/mol. The predicted octanol–water partition coefficient (Wildman–Crippen LogP) is 3.83. The molecule has 0 bridgehead atoms. The van der Waals surface area contributed by atoms with Crippen molar-refractivity contribution >= 4 is 21.8 Å². The summed E-state index contributed by atoms with van der Waals surface area (Å²) in [6.07, 6.45) is 9.73. The molecule has 20 heavy (non-hydrogen) atoms. The Kier molecular flexibility index (Phi) is 2.57. The van der Waals surface area contributed by atoms with Crippen molar-refractivity contribution in [2.24, 2.45) is 5.73 Å². The van der Waals surface area contributed by atoms with E-state index in [0.29, 0.717) is 0 Å². The molecule has 0 atom stereocenters. The van der Waals surface area contributed by atoms with Gasteiger partial charge in [0.25, 0.3) is 0 Å². The number of aromatic amines is 1. The number of nitrogens with one attached hydrogen (secondary N) is 1. The molecule has 1 fully saturated rings. The Bertz CT molecular complexity index is 766. The normalized spacial score (nSPS) is 18.6. The monoisotopic (exact) mass is 265 g/mol. The van der Waals surface area contributed by atoms with Crippen LogP contribution in [-0.4, -0.2) is 9.97 Å². The molecule has 1 aliphatic rings. The van der Waals surface area contributed by atoms with Gasteiger partial charge in [-0.1, -0.05) is 25.3 Å². The van der Waals surface area contributed by atoms with Gasteiger partial charge in [0.1, 0.15) is 0 Å². The van der Waals surface area contributed by atoms with Gasteiger partial charge in [0.2, 0.25) is 0 Å². The topological polar surface area (TPSA) is 54.7 Å². The molecule has 3 aromatic rings. The molecule has 0 saturated heterocycles. The lowest BCUT2D eigenvalue weighted by Crippen LogP contribution is -2.38. The highest BCUT2D eigenvalue weighted by Crippen LogP contribution is 2.37. The number of rotatable bonds is 1. The Morgan fingerprint density at radius 1 is 1.00 bits per heavy atom. The molecule has 3 N–H and O–H groups in total. The maximum absolute atomic E-state index is 6.66. The third-order valence-corrected chi connectivity index (χ3v) is 4.72. The number of pyridine rings is 1. The van der Waals surface area contributed by atoms with E-state index in [4.69, 9.17) is 5.73 Å². The molecule has 3 heteroatoms. The highest BCUT2D eigenvalue weighted by molar-refractivity contribution is 6.07. The van der Waals surface area contributed by atoms with Crippen LogP contribution in [0.4, 0.5) is 0 Å². The minimum absolute atomic E-state index is 0.136. The Morgan fingerprint density at radius 3 is 2.70 bits per heavy atom. The number of H-pyrrole nitrogens is 1. The van der Waals surface area contributed by atoms with Crippen LogP contribution in [0.2, 0.25) is 0 Å².